The van der Waals surface area contributed by atoms with Crippen LogP contribution >= 0.6 is 0 Å². The summed E-state index contributed by atoms with van der Waals surface area (Å²) in [7, 11) is 1.69. The monoisotopic (exact) mass is 354 g/mol. The minimum absolute atomic E-state index is 0.0956. The van der Waals surface area contributed by atoms with Gasteiger partial charge in [-0.05, 0) is 30.9 Å². The van der Waals surface area contributed by atoms with Gasteiger partial charge in [-0.25, -0.2) is 4.98 Å². The van der Waals surface area contributed by atoms with Gasteiger partial charge in [0.2, 0.25) is 0 Å². The third-order valence-corrected chi connectivity index (χ3v) is 5.13. The molecule has 1 N–H and O–H groups in total. The first-order valence-electron chi connectivity index (χ1n) is 8.89. The number of nitrogens with zero attached hydrogens (tertiary/aromatic N) is 3. The molecule has 2 aliphatic rings. The van der Waals surface area contributed by atoms with E-state index in [1.54, 1.807) is 13.4 Å². The van der Waals surface area contributed by atoms with Crippen LogP contribution in [-0.2, 0) is 17.8 Å². The first kappa shape index (κ1) is 16.6. The first-order valence-corrected chi connectivity index (χ1v) is 8.89. The van der Waals surface area contributed by atoms with Crippen molar-refractivity contribution in [3.05, 3.63) is 42.0 Å². The second kappa shape index (κ2) is 6.48. The Balaban J connectivity index is 1.54. The molecule has 3 heterocycles. The largest absolute Gasteiger partial charge is 0.489 e. The Morgan fingerprint density at radius 3 is 3.00 bits per heavy atom. The Labute approximate surface area is 152 Å². The standard InChI is InChI=1S/C19H22N4O3/c1-12-7-8-23-11-20-17(15(23)9-12)18(24)21-13-10-26-16-6-4-3-5-14(16)22(2)19(13)25/h3-6,11-13H,7-10H2,1-2H3,(H,21,24)/t12-,13-/m0/s1. The number of hydrogen-bond acceptors (Lipinski definition) is 4. The van der Waals surface area contributed by atoms with Gasteiger partial charge in [-0.3, -0.25) is 9.59 Å². The van der Waals surface area contributed by atoms with Crippen molar-refractivity contribution in [1.82, 2.24) is 14.9 Å². The number of ether oxygens (including phenoxy) is 1. The van der Waals surface area contributed by atoms with E-state index in [9.17, 15) is 9.59 Å². The predicted octanol–water partition coefficient (Wildman–Crippen LogP) is 1.62. The van der Waals surface area contributed by atoms with Crippen molar-refractivity contribution in [2.24, 2.45) is 5.92 Å². The van der Waals surface area contributed by atoms with Crippen LogP contribution in [0.25, 0.3) is 0 Å². The molecule has 1 aromatic carbocycles. The number of anilines is 1. The lowest BCUT2D eigenvalue weighted by molar-refractivity contribution is -0.120. The van der Waals surface area contributed by atoms with E-state index in [1.807, 2.05) is 28.8 Å². The fraction of sp³-hybridized carbons (Fsp3) is 0.421. The van der Waals surface area contributed by atoms with Crippen LogP contribution in [0.1, 0.15) is 29.5 Å². The Bertz CT molecular complexity index is 860. The quantitative estimate of drug-likeness (QED) is 0.889. The number of fused-ring (bicyclic) bond motifs is 2. The molecule has 0 unspecified atom stereocenters. The molecular formula is C19H22N4O3. The van der Waals surface area contributed by atoms with Gasteiger partial charge in [0.15, 0.2) is 0 Å². The fourth-order valence-electron chi connectivity index (χ4n) is 3.58. The average Bonchev–Trinajstić information content (AvgIpc) is 3.02. The van der Waals surface area contributed by atoms with Crippen molar-refractivity contribution in [1.29, 1.82) is 0 Å². The molecule has 1 aromatic heterocycles. The summed E-state index contributed by atoms with van der Waals surface area (Å²) < 4.78 is 7.78. The van der Waals surface area contributed by atoms with Gasteiger partial charge in [-0.1, -0.05) is 19.1 Å². The van der Waals surface area contributed by atoms with Gasteiger partial charge in [-0.2, -0.15) is 0 Å². The lowest BCUT2D eigenvalue weighted by atomic mass is 9.97. The van der Waals surface area contributed by atoms with Crippen LogP contribution < -0.4 is 15.0 Å². The molecule has 2 atom stereocenters. The molecule has 0 saturated heterocycles. The van der Waals surface area contributed by atoms with E-state index in [2.05, 4.69) is 17.2 Å². The van der Waals surface area contributed by atoms with E-state index in [1.165, 1.54) is 4.90 Å². The summed E-state index contributed by atoms with van der Waals surface area (Å²) in [6.45, 7) is 3.14. The molecule has 7 heteroatoms. The molecule has 0 bridgehead atoms. The molecule has 2 aliphatic heterocycles. The van der Waals surface area contributed by atoms with Crippen molar-refractivity contribution in [2.75, 3.05) is 18.6 Å². The molecule has 0 saturated carbocycles. The maximum absolute atomic E-state index is 12.8. The van der Waals surface area contributed by atoms with E-state index in [-0.39, 0.29) is 18.4 Å². The summed E-state index contributed by atoms with van der Waals surface area (Å²) in [5.41, 5.74) is 2.05. The smallest absolute Gasteiger partial charge is 0.272 e. The highest BCUT2D eigenvalue weighted by molar-refractivity contribution is 6.03. The number of aromatic nitrogens is 2. The topological polar surface area (TPSA) is 76.5 Å². The number of benzene rings is 1. The van der Waals surface area contributed by atoms with Gasteiger partial charge >= 0.3 is 0 Å². The molecule has 136 valence electrons. The normalized spacial score (nSPS) is 22.1. The Morgan fingerprint density at radius 1 is 1.35 bits per heavy atom. The highest BCUT2D eigenvalue weighted by Gasteiger charge is 2.32. The minimum atomic E-state index is -0.752. The molecule has 0 spiro atoms. The van der Waals surface area contributed by atoms with E-state index in [0.717, 1.165) is 25.1 Å². The van der Waals surface area contributed by atoms with Gasteiger partial charge in [0.25, 0.3) is 11.8 Å². The summed E-state index contributed by atoms with van der Waals surface area (Å²) in [5, 5.41) is 2.81. The maximum atomic E-state index is 12.8. The van der Waals surface area contributed by atoms with Crippen molar-refractivity contribution in [3.63, 3.8) is 0 Å². The summed E-state index contributed by atoms with van der Waals surface area (Å²) in [6, 6.07) is 6.59. The number of aryl methyl sites for hydroxylation is 1. The Kier molecular flexibility index (Phi) is 4.14. The Morgan fingerprint density at radius 2 is 2.15 bits per heavy atom. The van der Waals surface area contributed by atoms with Gasteiger partial charge in [-0.15, -0.1) is 0 Å². The number of para-hydroxylation sites is 2. The van der Waals surface area contributed by atoms with Crippen molar-refractivity contribution in [2.45, 2.75) is 32.4 Å². The second-order valence-corrected chi connectivity index (χ2v) is 7.03. The average molecular weight is 354 g/mol. The zero-order chi connectivity index (χ0) is 18.3. The van der Waals surface area contributed by atoms with Gasteiger partial charge in [0.05, 0.1) is 17.7 Å². The van der Waals surface area contributed by atoms with Crippen molar-refractivity contribution >= 4 is 17.5 Å². The lowest BCUT2D eigenvalue weighted by Gasteiger charge is -2.22. The highest BCUT2D eigenvalue weighted by Crippen LogP contribution is 2.30. The number of carbonyl (C=O) groups excluding carboxylic acids is 2. The molecule has 2 amide bonds. The first-order chi connectivity index (χ1) is 12.5. The Hall–Kier alpha value is -2.83. The van der Waals surface area contributed by atoms with Crippen LogP contribution in [0.15, 0.2) is 30.6 Å². The number of amides is 2. The molecule has 2 aromatic rings. The van der Waals surface area contributed by atoms with Gasteiger partial charge < -0.3 is 19.5 Å². The summed E-state index contributed by atoms with van der Waals surface area (Å²) in [6.07, 6.45) is 3.62. The zero-order valence-electron chi connectivity index (χ0n) is 14.9. The summed E-state index contributed by atoms with van der Waals surface area (Å²) in [4.78, 5) is 31.4. The SMILES string of the molecule is C[C@H]1CCn2cnc(C(=O)N[C@H]3COc4ccccc4N(C)C3=O)c2C1. The van der Waals surface area contributed by atoms with E-state index >= 15 is 0 Å². The van der Waals surface area contributed by atoms with Crippen molar-refractivity contribution < 1.29 is 14.3 Å². The zero-order valence-corrected chi connectivity index (χ0v) is 14.9. The maximum Gasteiger partial charge on any atom is 0.272 e. The second-order valence-electron chi connectivity index (χ2n) is 7.03. The number of imidazole rings is 1. The third kappa shape index (κ3) is 2.83. The third-order valence-electron chi connectivity index (χ3n) is 5.13. The molecular weight excluding hydrogens is 332 g/mol. The summed E-state index contributed by atoms with van der Waals surface area (Å²) >= 11 is 0. The minimum Gasteiger partial charge on any atom is -0.489 e. The lowest BCUT2D eigenvalue weighted by Crippen LogP contribution is -2.49. The van der Waals surface area contributed by atoms with E-state index < -0.39 is 6.04 Å². The fourth-order valence-corrected chi connectivity index (χ4v) is 3.58. The number of hydrogen-bond donors (Lipinski definition) is 1. The summed E-state index contributed by atoms with van der Waals surface area (Å²) in [5.74, 6) is 0.626. The van der Waals surface area contributed by atoms with Gasteiger partial charge in [0.1, 0.15) is 24.1 Å². The molecule has 26 heavy (non-hydrogen) atoms. The van der Waals surface area contributed by atoms with Crippen LogP contribution in [0.2, 0.25) is 0 Å². The molecule has 4 rings (SSSR count). The number of likely N-dealkylation sites (N-methyl/N-ethyl adjacent to an activating group) is 1. The molecule has 0 aliphatic carbocycles. The van der Waals surface area contributed by atoms with Crippen LogP contribution in [0.3, 0.4) is 0 Å². The number of carbonyl (C=O) groups is 2. The van der Waals surface area contributed by atoms with Gasteiger partial charge in [0, 0.05) is 13.6 Å². The highest BCUT2D eigenvalue weighted by atomic mass is 16.5. The van der Waals surface area contributed by atoms with E-state index in [4.69, 9.17) is 4.74 Å². The molecule has 7 nitrogen and oxygen atoms in total. The van der Waals surface area contributed by atoms with Crippen LogP contribution in [0.4, 0.5) is 5.69 Å². The van der Waals surface area contributed by atoms with Crippen LogP contribution in [0.5, 0.6) is 5.75 Å². The number of rotatable bonds is 2. The number of nitrogens with one attached hydrogen (secondary N) is 1. The van der Waals surface area contributed by atoms with E-state index in [0.29, 0.717) is 23.0 Å². The van der Waals surface area contributed by atoms with Crippen molar-refractivity contribution in [3.8, 4) is 5.75 Å². The van der Waals surface area contributed by atoms with Crippen LogP contribution in [0, 0.1) is 5.92 Å². The molecule has 0 fully saturated rings. The van der Waals surface area contributed by atoms with Crippen LogP contribution in [-0.4, -0.2) is 41.1 Å². The predicted molar refractivity (Wildman–Crippen MR) is 96.3 cm³/mol. The molecule has 0 radical (unpaired) electrons.